The predicted molar refractivity (Wildman–Crippen MR) is 162 cm³/mol. The molecule has 0 radical (unpaired) electrons. The highest BCUT2D eigenvalue weighted by Crippen LogP contribution is 2.40. The smallest absolute Gasteiger partial charge is 0.229 e. The number of nitrogens with one attached hydrogen (secondary N) is 3. The van der Waals surface area contributed by atoms with Gasteiger partial charge in [0.15, 0.2) is 20.7 Å². The first-order chi connectivity index (χ1) is 19.0. The molecule has 1 aromatic heterocycles. The number of piperidine rings is 1. The third-order valence-corrected chi connectivity index (χ3v) is 9.18. The van der Waals surface area contributed by atoms with E-state index in [1.807, 2.05) is 13.8 Å². The van der Waals surface area contributed by atoms with Crippen molar-refractivity contribution in [1.29, 1.82) is 0 Å². The Morgan fingerprint density at radius 3 is 2.73 bits per heavy atom. The monoisotopic (exact) mass is 589 g/mol. The molecule has 5 N–H and O–H groups in total. The van der Waals surface area contributed by atoms with Gasteiger partial charge in [0.2, 0.25) is 5.95 Å². The molecule has 40 heavy (non-hydrogen) atoms. The molecule has 2 heterocycles. The largest absolute Gasteiger partial charge is 0.488 e. The zero-order chi connectivity index (χ0) is 29.0. The average molecular weight is 590 g/mol. The molecule has 2 atom stereocenters. The molecule has 2 fully saturated rings. The normalized spacial score (nSPS) is 20.5. The fourth-order valence-electron chi connectivity index (χ4n) is 4.86. The molecule has 0 amide bonds. The molecule has 12 heteroatoms. The van der Waals surface area contributed by atoms with Crippen molar-refractivity contribution < 1.29 is 13.2 Å². The quantitative estimate of drug-likeness (QED) is 0.269. The van der Waals surface area contributed by atoms with Crippen LogP contribution in [0.1, 0.15) is 63.5 Å². The van der Waals surface area contributed by atoms with Crippen molar-refractivity contribution >= 4 is 45.1 Å². The van der Waals surface area contributed by atoms with Gasteiger partial charge in [0.05, 0.1) is 29.4 Å². The van der Waals surface area contributed by atoms with Gasteiger partial charge in [0.25, 0.3) is 0 Å². The number of hydrogen-bond acceptors (Lipinski definition) is 10. The molecule has 218 valence electrons. The van der Waals surface area contributed by atoms with Crippen LogP contribution in [0, 0.1) is 12.8 Å². The molecule has 1 aliphatic heterocycles. The van der Waals surface area contributed by atoms with Crippen molar-refractivity contribution in [2.24, 2.45) is 16.6 Å². The number of rotatable bonds is 11. The van der Waals surface area contributed by atoms with Gasteiger partial charge in [-0.05, 0) is 81.2 Å². The number of sulfone groups is 1. The van der Waals surface area contributed by atoms with E-state index in [2.05, 4.69) is 56.9 Å². The first-order valence-electron chi connectivity index (χ1n) is 13.7. The van der Waals surface area contributed by atoms with E-state index in [4.69, 9.17) is 22.1 Å². The van der Waals surface area contributed by atoms with Gasteiger partial charge in [0, 0.05) is 19.3 Å². The van der Waals surface area contributed by atoms with Crippen LogP contribution in [-0.2, 0) is 9.84 Å². The number of allylic oxidation sites excluding steroid dienone is 1. The first-order valence-corrected chi connectivity index (χ1v) is 15.8. The number of halogens is 1. The number of aryl methyl sites for hydroxylation is 1. The van der Waals surface area contributed by atoms with Gasteiger partial charge >= 0.3 is 0 Å². The van der Waals surface area contributed by atoms with E-state index in [1.54, 1.807) is 0 Å². The van der Waals surface area contributed by atoms with Crippen molar-refractivity contribution in [1.82, 2.24) is 15.3 Å². The zero-order valence-electron chi connectivity index (χ0n) is 23.8. The molecular formula is C28H40ClN7O3S. The Kier molecular flexibility index (Phi) is 9.58. The highest BCUT2D eigenvalue weighted by Gasteiger charge is 2.28. The summed E-state index contributed by atoms with van der Waals surface area (Å²) >= 11 is 6.40. The molecule has 2 unspecified atom stereocenters. The molecule has 2 aromatic rings. The highest BCUT2D eigenvalue weighted by molar-refractivity contribution is 7.95. The Morgan fingerprint density at radius 2 is 2.08 bits per heavy atom. The highest BCUT2D eigenvalue weighted by atomic mass is 35.5. The molecule has 1 saturated heterocycles. The minimum Gasteiger partial charge on any atom is -0.488 e. The molecule has 2 aliphatic rings. The Bertz CT molecular complexity index is 1390. The van der Waals surface area contributed by atoms with Crippen LogP contribution in [0.3, 0.4) is 0 Å². The van der Waals surface area contributed by atoms with Crippen molar-refractivity contribution in [3.05, 3.63) is 45.2 Å². The number of aromatic nitrogens is 2. The zero-order valence-corrected chi connectivity index (χ0v) is 25.4. The number of hydrogen-bond donors (Lipinski definition) is 4. The van der Waals surface area contributed by atoms with Crippen molar-refractivity contribution in [2.45, 2.75) is 71.4 Å². The summed E-state index contributed by atoms with van der Waals surface area (Å²) in [4.78, 5) is 12.8. The topological polar surface area (TPSA) is 144 Å². The summed E-state index contributed by atoms with van der Waals surface area (Å²) in [5, 5.41) is 9.63. The van der Waals surface area contributed by atoms with E-state index in [9.17, 15) is 8.42 Å². The van der Waals surface area contributed by atoms with Gasteiger partial charge in [-0.1, -0.05) is 25.4 Å². The van der Waals surface area contributed by atoms with Crippen molar-refractivity contribution in [3.63, 3.8) is 0 Å². The summed E-state index contributed by atoms with van der Waals surface area (Å²) in [7, 11) is -2.20. The molecule has 0 spiro atoms. The Balaban J connectivity index is 1.64. The number of benzene rings is 1. The van der Waals surface area contributed by atoms with Crippen LogP contribution in [0.2, 0.25) is 5.02 Å². The van der Waals surface area contributed by atoms with Crippen LogP contribution in [0.25, 0.3) is 0 Å². The lowest BCUT2D eigenvalue weighted by Gasteiger charge is -2.30. The van der Waals surface area contributed by atoms with Gasteiger partial charge in [-0.2, -0.15) is 4.98 Å². The number of anilines is 3. The van der Waals surface area contributed by atoms with E-state index < -0.39 is 9.84 Å². The summed E-state index contributed by atoms with van der Waals surface area (Å²) in [5.41, 5.74) is 9.40. The summed E-state index contributed by atoms with van der Waals surface area (Å²) < 4.78 is 31.9. The second-order valence-electron chi connectivity index (χ2n) is 11.1. The molecule has 4 rings (SSSR count). The van der Waals surface area contributed by atoms with Crippen LogP contribution >= 0.6 is 11.6 Å². The van der Waals surface area contributed by atoms with Gasteiger partial charge in [-0.3, -0.25) is 4.99 Å². The van der Waals surface area contributed by atoms with Crippen LogP contribution in [0.15, 0.2) is 34.0 Å². The van der Waals surface area contributed by atoms with E-state index in [0.29, 0.717) is 12.0 Å². The molecule has 0 bridgehead atoms. The summed E-state index contributed by atoms with van der Waals surface area (Å²) in [6, 6.07) is 4.71. The lowest BCUT2D eigenvalue weighted by atomic mass is 9.84. The second-order valence-corrected chi connectivity index (χ2v) is 13.5. The standard InChI is InChI=1S/C28H40ClN7O3S/c1-16(2)15-40(37,38)26(30)24(14-31-5)34-27-22(29)13-33-28(36-27)35-23-10-17(3)21(12-25(23)39-20-6-7-20)19-8-9-32-18(4)11-19/h10,12-14,16,18-20,32H,6-9,11,15,30H2,1-5H3,(H2,33,34,35,36). The summed E-state index contributed by atoms with van der Waals surface area (Å²) in [6.45, 7) is 8.97. The Hall–Kier alpha value is -2.89. The van der Waals surface area contributed by atoms with E-state index in [-0.39, 0.29) is 45.3 Å². The number of ether oxygens (including phenoxy) is 1. The van der Waals surface area contributed by atoms with E-state index in [1.165, 1.54) is 30.6 Å². The van der Waals surface area contributed by atoms with Gasteiger partial charge in [0.1, 0.15) is 10.8 Å². The molecule has 10 nitrogen and oxygen atoms in total. The number of aliphatic imine (C=N–C) groups is 1. The predicted octanol–water partition coefficient (Wildman–Crippen LogP) is 4.89. The summed E-state index contributed by atoms with van der Waals surface area (Å²) in [5.74, 6) is 1.51. The fraction of sp³-hybridized carbons (Fsp3) is 0.536. The number of nitrogens with two attached hydrogens (primary N) is 1. The molecule has 1 aliphatic carbocycles. The Morgan fingerprint density at radius 1 is 1.32 bits per heavy atom. The van der Waals surface area contributed by atoms with Crippen LogP contribution < -0.4 is 26.4 Å². The van der Waals surface area contributed by atoms with Crippen LogP contribution in [0.5, 0.6) is 5.75 Å². The second kappa shape index (κ2) is 12.7. The Labute approximate surface area is 242 Å². The maximum Gasteiger partial charge on any atom is 0.229 e. The van der Waals surface area contributed by atoms with E-state index >= 15 is 0 Å². The molecular weight excluding hydrogens is 550 g/mol. The summed E-state index contributed by atoms with van der Waals surface area (Å²) in [6.07, 6.45) is 7.23. The SMILES string of the molecule is CN=CC(Nc1nc(Nc2cc(C)c(C3CCNC(C)C3)cc2OC2CC2)ncc1Cl)=C(N)S(=O)(=O)CC(C)C. The van der Waals surface area contributed by atoms with Gasteiger partial charge < -0.3 is 26.4 Å². The number of nitrogens with zero attached hydrogens (tertiary/aromatic N) is 3. The maximum atomic E-state index is 12.8. The fourth-order valence-corrected chi connectivity index (χ4v) is 6.50. The van der Waals surface area contributed by atoms with Gasteiger partial charge in [-0.25, -0.2) is 13.4 Å². The minimum absolute atomic E-state index is 0.0869. The minimum atomic E-state index is -3.72. The lowest BCUT2D eigenvalue weighted by molar-refractivity contribution is 0.303. The third kappa shape index (κ3) is 7.64. The van der Waals surface area contributed by atoms with Crippen molar-refractivity contribution in [3.8, 4) is 5.75 Å². The average Bonchev–Trinajstić information content (AvgIpc) is 3.70. The molecule has 1 aromatic carbocycles. The van der Waals surface area contributed by atoms with Crippen molar-refractivity contribution in [2.75, 3.05) is 30.0 Å². The molecule has 1 saturated carbocycles. The lowest BCUT2D eigenvalue weighted by Crippen LogP contribution is -2.35. The third-order valence-electron chi connectivity index (χ3n) is 6.90. The maximum absolute atomic E-state index is 12.8. The van der Waals surface area contributed by atoms with Gasteiger partial charge in [-0.15, -0.1) is 0 Å². The van der Waals surface area contributed by atoms with Crippen LogP contribution in [0.4, 0.5) is 17.5 Å². The van der Waals surface area contributed by atoms with E-state index in [0.717, 1.165) is 43.7 Å². The first kappa shape index (κ1) is 30.1. The van der Waals surface area contributed by atoms with Crippen LogP contribution in [-0.4, -0.2) is 56.1 Å².